The van der Waals surface area contributed by atoms with Crippen molar-refractivity contribution in [1.82, 2.24) is 34.7 Å². The summed E-state index contributed by atoms with van der Waals surface area (Å²) in [6, 6.07) is 23.6. The lowest BCUT2D eigenvalue weighted by molar-refractivity contribution is 0.102. The summed E-state index contributed by atoms with van der Waals surface area (Å²) in [5, 5.41) is 21.6. The highest BCUT2D eigenvalue weighted by atomic mass is 32.2. The van der Waals surface area contributed by atoms with Gasteiger partial charge >= 0.3 is 12.1 Å². The van der Waals surface area contributed by atoms with Crippen LogP contribution in [-0.4, -0.2) is 72.5 Å². The van der Waals surface area contributed by atoms with Crippen molar-refractivity contribution in [2.75, 3.05) is 35.5 Å². The lowest BCUT2D eigenvalue weighted by atomic mass is 9.99. The summed E-state index contributed by atoms with van der Waals surface area (Å²) < 4.78 is 12.5. The summed E-state index contributed by atoms with van der Waals surface area (Å²) in [7, 11) is 4.92. The van der Waals surface area contributed by atoms with Crippen LogP contribution in [0.4, 0.5) is 31.2 Å². The molecule has 0 aliphatic carbocycles. The predicted molar refractivity (Wildman–Crippen MR) is 268 cm³/mol. The van der Waals surface area contributed by atoms with E-state index < -0.39 is 12.1 Å². The number of para-hydroxylation sites is 2. The zero-order valence-electron chi connectivity index (χ0n) is 37.5. The van der Waals surface area contributed by atoms with Crippen molar-refractivity contribution >= 4 is 91.5 Å². The number of carbonyl (C=O) groups excluding carboxylic acids is 4. The number of carbonyl (C=O) groups is 4. The molecule has 68 heavy (non-hydrogen) atoms. The van der Waals surface area contributed by atoms with Gasteiger partial charge in [0.2, 0.25) is 0 Å². The van der Waals surface area contributed by atoms with E-state index in [-0.39, 0.29) is 16.8 Å². The van der Waals surface area contributed by atoms with Crippen molar-refractivity contribution in [3.05, 3.63) is 159 Å². The fourth-order valence-electron chi connectivity index (χ4n) is 6.41. The molecule has 17 nitrogen and oxygen atoms in total. The first-order chi connectivity index (χ1) is 32.9. The lowest BCUT2D eigenvalue weighted by Gasteiger charge is -2.13. The van der Waals surface area contributed by atoms with Crippen LogP contribution in [0.2, 0.25) is 0 Å². The summed E-state index contributed by atoms with van der Waals surface area (Å²) >= 11 is 5.86. The first-order valence-electron chi connectivity index (χ1n) is 20.6. The van der Waals surface area contributed by atoms with Gasteiger partial charge in [0.05, 0.1) is 36.7 Å². The molecule has 0 aliphatic rings. The number of hydrogen-bond donors (Lipinski definition) is 5. The van der Waals surface area contributed by atoms with E-state index in [0.29, 0.717) is 61.1 Å². The quantitative estimate of drug-likeness (QED) is 0.0450. The number of aromatic nitrogens is 7. The molecule has 0 aliphatic heterocycles. The van der Waals surface area contributed by atoms with E-state index in [2.05, 4.69) is 51.4 Å². The number of ketones is 2. The summed E-state index contributed by atoms with van der Waals surface area (Å²) in [5.41, 5.74) is 4.19. The number of hydrogen-bond acceptors (Lipinski definition) is 15. The molecule has 8 aromatic rings. The Kier molecular flexibility index (Phi) is 16.4. The fourth-order valence-corrected chi connectivity index (χ4v) is 9.93. The van der Waals surface area contributed by atoms with E-state index in [4.69, 9.17) is 9.47 Å². The highest BCUT2D eigenvalue weighted by Crippen LogP contribution is 2.37. The molecule has 0 saturated heterocycles. The lowest BCUT2D eigenvalue weighted by Crippen LogP contribution is -2.21. The number of benzene rings is 4. The van der Waals surface area contributed by atoms with Gasteiger partial charge in [-0.2, -0.15) is 0 Å². The minimum absolute atomic E-state index is 0.115. The number of H-pyrrole nitrogens is 1. The van der Waals surface area contributed by atoms with Crippen LogP contribution in [0.3, 0.4) is 0 Å². The number of aromatic amines is 1. The van der Waals surface area contributed by atoms with Gasteiger partial charge in [0.15, 0.2) is 32.1 Å². The molecule has 348 valence electrons. The maximum Gasteiger partial charge on any atom is 0.325 e. The zero-order chi connectivity index (χ0) is 48.2. The predicted octanol–water partition coefficient (Wildman–Crippen LogP) is 10.7. The van der Waals surface area contributed by atoms with Gasteiger partial charge in [0.25, 0.3) is 0 Å². The highest BCUT2D eigenvalue weighted by Gasteiger charge is 2.22. The van der Waals surface area contributed by atoms with Crippen LogP contribution in [0.5, 0.6) is 11.5 Å². The molecule has 0 fully saturated rings. The summed E-state index contributed by atoms with van der Waals surface area (Å²) in [5.74, 6) is 1.12. The summed E-state index contributed by atoms with van der Waals surface area (Å²) in [6.45, 7) is 5.83. The van der Waals surface area contributed by atoms with Crippen LogP contribution in [0.25, 0.3) is 0 Å². The van der Waals surface area contributed by atoms with Gasteiger partial charge in [-0.05, 0) is 69.3 Å². The number of aryl methyl sites for hydroxylation is 3. The molecule has 4 aromatic carbocycles. The number of thioether (sulfide) groups is 2. The number of nitrogens with one attached hydrogen (secondary N) is 5. The third-order valence-electron chi connectivity index (χ3n) is 9.73. The first-order valence-corrected chi connectivity index (χ1v) is 24.1. The number of ether oxygens (including phenoxy) is 2. The van der Waals surface area contributed by atoms with E-state index in [1.807, 2.05) is 44.5 Å². The highest BCUT2D eigenvalue weighted by molar-refractivity contribution is 7.99. The van der Waals surface area contributed by atoms with Crippen molar-refractivity contribution in [2.24, 2.45) is 7.05 Å². The van der Waals surface area contributed by atoms with E-state index >= 15 is 0 Å². The molecule has 4 amide bonds. The van der Waals surface area contributed by atoms with Crippen molar-refractivity contribution in [1.29, 1.82) is 0 Å². The molecular formula is C47H45N11O6S4. The Morgan fingerprint density at radius 2 is 1.28 bits per heavy atom. The van der Waals surface area contributed by atoms with Crippen LogP contribution < -0.4 is 30.7 Å². The molecule has 1 unspecified atom stereocenters. The molecule has 8 rings (SSSR count). The van der Waals surface area contributed by atoms with Gasteiger partial charge in [-0.25, -0.2) is 24.5 Å². The number of amides is 4. The SMILES string of the molecule is COc1ccccc1C(=O)c1cc(C)ccc1NC(=O)Nc1ncc(C(C)Sc2ncc[nH]2)s1.COc1ccccc1C(=O)c1cc(C)ccc1NC(=O)Nc1ncc(CSc2nncn2C)s1. The average Bonchev–Trinajstić information content (AvgIpc) is 4.19. The molecule has 4 heterocycles. The van der Waals surface area contributed by atoms with Crippen molar-refractivity contribution in [3.8, 4) is 11.5 Å². The third kappa shape index (κ3) is 12.6. The Balaban J connectivity index is 0.000000201. The normalized spacial score (nSPS) is 11.1. The second-order valence-electron chi connectivity index (χ2n) is 14.7. The summed E-state index contributed by atoms with van der Waals surface area (Å²) in [4.78, 5) is 69.8. The fraction of sp³-hybridized carbons (Fsp3) is 0.170. The van der Waals surface area contributed by atoms with Crippen LogP contribution in [0, 0.1) is 13.8 Å². The van der Waals surface area contributed by atoms with E-state index in [1.165, 1.54) is 48.7 Å². The number of nitrogens with zero attached hydrogens (tertiary/aromatic N) is 6. The number of rotatable bonds is 16. The topological polar surface area (TPSA) is 220 Å². The largest absolute Gasteiger partial charge is 0.496 e. The van der Waals surface area contributed by atoms with E-state index in [1.54, 1.807) is 116 Å². The minimum atomic E-state index is -0.486. The zero-order valence-corrected chi connectivity index (χ0v) is 40.8. The number of methoxy groups -OCH3 is 2. The Labute approximate surface area is 408 Å². The van der Waals surface area contributed by atoms with Gasteiger partial charge in [-0.1, -0.05) is 71.0 Å². The second-order valence-corrected chi connectivity index (χ2v) is 19.1. The number of imidazole rings is 1. The van der Waals surface area contributed by atoms with Gasteiger partial charge in [-0.3, -0.25) is 20.2 Å². The monoisotopic (exact) mass is 987 g/mol. The molecule has 0 radical (unpaired) electrons. The number of anilines is 4. The van der Waals surface area contributed by atoms with E-state index in [9.17, 15) is 19.2 Å². The van der Waals surface area contributed by atoms with Crippen molar-refractivity contribution in [3.63, 3.8) is 0 Å². The molecule has 21 heteroatoms. The molecule has 0 bridgehead atoms. The Bertz CT molecular complexity index is 3040. The number of urea groups is 2. The van der Waals surface area contributed by atoms with Gasteiger partial charge in [0, 0.05) is 63.7 Å². The maximum absolute atomic E-state index is 13.3. The second kappa shape index (κ2) is 22.9. The standard InChI is InChI=1S/C24H23N5O3S2.C23H22N6O3S2/c1-14-8-9-18(17(12-14)21(30)16-6-4-5-7-19(16)32-3)28-22(31)29-24-27-13-20(34-24)15(2)33-23-25-10-11-26-23;1-14-8-9-18(17(10-14)20(30)16-6-4-5-7-19(16)32-3)26-21(31)27-22-24-11-15(34-22)12-33-23-28-25-13-29(23)2/h4-13,15H,1-3H3,(H,25,26)(H2,27,28,29,31);4-11,13H,12H2,1-3H3,(H2,24,26,27,31). The number of thiazole rings is 2. The van der Waals surface area contributed by atoms with Crippen LogP contribution in [0.1, 0.15) is 64.9 Å². The van der Waals surface area contributed by atoms with Crippen molar-refractivity contribution < 1.29 is 28.7 Å². The van der Waals surface area contributed by atoms with E-state index in [0.717, 1.165) is 31.2 Å². The molecule has 5 N–H and O–H groups in total. The maximum atomic E-state index is 13.3. The molecule has 0 saturated carbocycles. The Morgan fingerprint density at radius 3 is 1.81 bits per heavy atom. The minimum Gasteiger partial charge on any atom is -0.496 e. The molecule has 4 aromatic heterocycles. The average molecular weight is 988 g/mol. The molecule has 0 spiro atoms. The van der Waals surface area contributed by atoms with Gasteiger partial charge in [0.1, 0.15) is 17.8 Å². The molecular weight excluding hydrogens is 943 g/mol. The Hall–Kier alpha value is -7.33. The Morgan fingerprint density at radius 1 is 0.721 bits per heavy atom. The van der Waals surface area contributed by atoms with Gasteiger partial charge < -0.3 is 29.7 Å². The summed E-state index contributed by atoms with van der Waals surface area (Å²) in [6.07, 6.45) is 8.58. The first kappa shape index (κ1) is 48.6. The van der Waals surface area contributed by atoms with Gasteiger partial charge in [-0.15, -0.1) is 32.9 Å². The van der Waals surface area contributed by atoms with Crippen LogP contribution >= 0.6 is 46.2 Å². The van der Waals surface area contributed by atoms with Crippen molar-refractivity contribution in [2.45, 2.75) is 42.1 Å². The van der Waals surface area contributed by atoms with Crippen LogP contribution in [0.15, 0.2) is 126 Å². The third-order valence-corrected chi connectivity index (χ3v) is 14.2. The van der Waals surface area contributed by atoms with Crippen LogP contribution in [-0.2, 0) is 12.8 Å². The smallest absolute Gasteiger partial charge is 0.325 e. The molecule has 1 atom stereocenters.